The molecule has 1 N–H and O–H groups in total. The number of carbonyl (C=O) groups excluding carboxylic acids is 1. The van der Waals surface area contributed by atoms with Crippen molar-refractivity contribution in [1.82, 2.24) is 20.3 Å². The topological polar surface area (TPSA) is 103 Å². The first kappa shape index (κ1) is 16.9. The van der Waals surface area contributed by atoms with Gasteiger partial charge in [-0.2, -0.15) is 0 Å². The summed E-state index contributed by atoms with van der Waals surface area (Å²) in [5, 5.41) is 22.0. The molecule has 1 heterocycles. The number of rotatable bonds is 4. The molecule has 1 amide bonds. The van der Waals surface area contributed by atoms with Crippen molar-refractivity contribution in [2.75, 3.05) is 0 Å². The van der Waals surface area contributed by atoms with E-state index >= 15 is 0 Å². The summed E-state index contributed by atoms with van der Waals surface area (Å²) >= 11 is 0. The lowest BCUT2D eigenvalue weighted by Crippen LogP contribution is -2.28. The Labute approximate surface area is 155 Å². The molecule has 1 aromatic heterocycles. The third-order valence-corrected chi connectivity index (χ3v) is 4.83. The van der Waals surface area contributed by atoms with E-state index < -0.39 is 4.92 Å². The number of non-ortho nitro benzene ring substituents is 1. The van der Waals surface area contributed by atoms with Crippen LogP contribution in [0, 0.1) is 17.0 Å². The van der Waals surface area contributed by atoms with Crippen LogP contribution in [0.3, 0.4) is 0 Å². The molecule has 4 rings (SSSR count). The van der Waals surface area contributed by atoms with Gasteiger partial charge in [-0.15, -0.1) is 5.10 Å². The molecule has 136 valence electrons. The van der Waals surface area contributed by atoms with E-state index in [4.69, 9.17) is 0 Å². The van der Waals surface area contributed by atoms with Crippen LogP contribution in [0.2, 0.25) is 0 Å². The van der Waals surface area contributed by atoms with Gasteiger partial charge in [-0.05, 0) is 37.0 Å². The number of aryl methyl sites for hydroxylation is 1. The zero-order valence-corrected chi connectivity index (χ0v) is 14.6. The van der Waals surface area contributed by atoms with Crippen LogP contribution in [0.25, 0.3) is 5.69 Å². The van der Waals surface area contributed by atoms with E-state index in [0.29, 0.717) is 11.4 Å². The molecule has 3 aromatic rings. The lowest BCUT2D eigenvalue weighted by molar-refractivity contribution is -0.384. The minimum Gasteiger partial charge on any atom is -0.344 e. The normalized spacial score (nSPS) is 15.4. The third-order valence-electron chi connectivity index (χ3n) is 4.83. The van der Waals surface area contributed by atoms with Crippen molar-refractivity contribution in [1.29, 1.82) is 0 Å². The van der Waals surface area contributed by atoms with Crippen LogP contribution in [0.5, 0.6) is 0 Å². The molecular weight excluding hydrogens is 346 g/mol. The highest BCUT2D eigenvalue weighted by atomic mass is 16.6. The molecule has 1 aliphatic carbocycles. The maximum absolute atomic E-state index is 12.7. The SMILES string of the molecule is Cc1c(C(=O)NC2CCc3ccccc32)nnn1-c1cccc([N+](=O)[O-])c1. The minimum absolute atomic E-state index is 0.0453. The van der Waals surface area contributed by atoms with E-state index in [2.05, 4.69) is 21.7 Å². The van der Waals surface area contributed by atoms with E-state index in [1.165, 1.54) is 22.4 Å². The molecule has 0 bridgehead atoms. The summed E-state index contributed by atoms with van der Waals surface area (Å²) in [4.78, 5) is 23.2. The van der Waals surface area contributed by atoms with Crippen molar-refractivity contribution in [2.24, 2.45) is 0 Å². The highest BCUT2D eigenvalue weighted by molar-refractivity contribution is 5.93. The van der Waals surface area contributed by atoms with E-state index in [0.717, 1.165) is 18.4 Å². The Morgan fingerprint density at radius 3 is 2.89 bits per heavy atom. The standard InChI is InChI=1S/C19H17N5O3/c1-12-18(19(25)20-17-10-9-13-5-2-3-8-16(13)17)21-22-23(12)14-6-4-7-15(11-14)24(26)27/h2-8,11,17H,9-10H2,1H3,(H,20,25). The number of fused-ring (bicyclic) bond motifs is 1. The first-order valence-corrected chi connectivity index (χ1v) is 8.60. The molecule has 1 aliphatic rings. The van der Waals surface area contributed by atoms with Gasteiger partial charge in [0.05, 0.1) is 22.3 Å². The fourth-order valence-corrected chi connectivity index (χ4v) is 3.46. The number of aromatic nitrogens is 3. The molecule has 2 aromatic carbocycles. The van der Waals surface area contributed by atoms with Gasteiger partial charge < -0.3 is 5.32 Å². The molecule has 1 atom stereocenters. The van der Waals surface area contributed by atoms with Crippen LogP contribution < -0.4 is 5.32 Å². The summed E-state index contributed by atoms with van der Waals surface area (Å²) in [5.74, 6) is -0.300. The number of nitrogens with zero attached hydrogens (tertiary/aromatic N) is 4. The van der Waals surface area contributed by atoms with Gasteiger partial charge in [0.1, 0.15) is 0 Å². The van der Waals surface area contributed by atoms with Crippen LogP contribution >= 0.6 is 0 Å². The first-order chi connectivity index (χ1) is 13.0. The largest absolute Gasteiger partial charge is 0.344 e. The quantitative estimate of drug-likeness (QED) is 0.567. The summed E-state index contributed by atoms with van der Waals surface area (Å²) < 4.78 is 1.44. The molecular formula is C19H17N5O3. The van der Waals surface area contributed by atoms with Crippen molar-refractivity contribution < 1.29 is 9.72 Å². The number of amides is 1. The van der Waals surface area contributed by atoms with Crippen LogP contribution in [0.15, 0.2) is 48.5 Å². The molecule has 0 aliphatic heterocycles. The van der Waals surface area contributed by atoms with E-state index in [9.17, 15) is 14.9 Å². The van der Waals surface area contributed by atoms with Gasteiger partial charge in [0.2, 0.25) is 0 Å². The molecule has 0 saturated carbocycles. The molecule has 8 heteroatoms. The van der Waals surface area contributed by atoms with Gasteiger partial charge in [0, 0.05) is 12.1 Å². The number of hydrogen-bond acceptors (Lipinski definition) is 5. The van der Waals surface area contributed by atoms with E-state index in [1.54, 1.807) is 19.1 Å². The molecule has 0 spiro atoms. The van der Waals surface area contributed by atoms with Gasteiger partial charge >= 0.3 is 0 Å². The first-order valence-electron chi connectivity index (χ1n) is 8.60. The summed E-state index contributed by atoms with van der Waals surface area (Å²) in [7, 11) is 0. The number of nitro groups is 1. The monoisotopic (exact) mass is 363 g/mol. The van der Waals surface area contributed by atoms with E-state index in [1.807, 2.05) is 18.2 Å². The van der Waals surface area contributed by atoms with Gasteiger partial charge in [0.25, 0.3) is 11.6 Å². The zero-order chi connectivity index (χ0) is 19.0. The van der Waals surface area contributed by atoms with Crippen LogP contribution in [0.4, 0.5) is 5.69 Å². The highest BCUT2D eigenvalue weighted by Gasteiger charge is 2.26. The maximum Gasteiger partial charge on any atom is 0.274 e. The second-order valence-corrected chi connectivity index (χ2v) is 6.48. The number of benzene rings is 2. The number of carbonyl (C=O) groups is 1. The Hall–Kier alpha value is -3.55. The Kier molecular flexibility index (Phi) is 4.15. The fourth-order valence-electron chi connectivity index (χ4n) is 3.46. The lowest BCUT2D eigenvalue weighted by atomic mass is 10.1. The molecule has 27 heavy (non-hydrogen) atoms. The van der Waals surface area contributed by atoms with Crippen molar-refractivity contribution in [3.63, 3.8) is 0 Å². The smallest absolute Gasteiger partial charge is 0.274 e. The predicted octanol–water partition coefficient (Wildman–Crippen LogP) is 2.90. The number of nitro benzene ring substituents is 1. The van der Waals surface area contributed by atoms with E-state index in [-0.39, 0.29) is 23.3 Å². The van der Waals surface area contributed by atoms with Gasteiger partial charge in [-0.25, -0.2) is 4.68 Å². The summed E-state index contributed by atoms with van der Waals surface area (Å²) in [6.45, 7) is 1.72. The number of hydrogen-bond donors (Lipinski definition) is 1. The summed E-state index contributed by atoms with van der Waals surface area (Å²) in [6.07, 6.45) is 1.78. The fraction of sp³-hybridized carbons (Fsp3) is 0.211. The van der Waals surface area contributed by atoms with Crippen molar-refractivity contribution in [3.05, 3.63) is 81.2 Å². The Morgan fingerprint density at radius 2 is 2.07 bits per heavy atom. The number of nitrogens with one attached hydrogen (secondary N) is 1. The molecule has 8 nitrogen and oxygen atoms in total. The van der Waals surface area contributed by atoms with Crippen LogP contribution in [0.1, 0.15) is 39.8 Å². The van der Waals surface area contributed by atoms with Gasteiger partial charge in [-0.1, -0.05) is 35.5 Å². The van der Waals surface area contributed by atoms with Crippen LogP contribution in [-0.4, -0.2) is 25.8 Å². The molecule has 1 unspecified atom stereocenters. The average molecular weight is 363 g/mol. The Morgan fingerprint density at radius 1 is 1.26 bits per heavy atom. The second-order valence-electron chi connectivity index (χ2n) is 6.48. The zero-order valence-electron chi connectivity index (χ0n) is 14.6. The molecule has 0 radical (unpaired) electrons. The second kappa shape index (κ2) is 6.64. The lowest BCUT2D eigenvalue weighted by Gasteiger charge is -2.13. The molecule has 0 fully saturated rings. The predicted molar refractivity (Wildman–Crippen MR) is 97.7 cm³/mol. The maximum atomic E-state index is 12.7. The van der Waals surface area contributed by atoms with Crippen LogP contribution in [-0.2, 0) is 6.42 Å². The Bertz CT molecular complexity index is 1040. The van der Waals surface area contributed by atoms with Gasteiger partial charge in [-0.3, -0.25) is 14.9 Å². The Balaban J connectivity index is 1.58. The van der Waals surface area contributed by atoms with Gasteiger partial charge in [0.15, 0.2) is 5.69 Å². The average Bonchev–Trinajstić information content (AvgIpc) is 3.26. The van der Waals surface area contributed by atoms with Crippen molar-refractivity contribution >= 4 is 11.6 Å². The molecule has 0 saturated heterocycles. The summed E-state index contributed by atoms with van der Waals surface area (Å²) in [5.41, 5.74) is 3.56. The summed E-state index contributed by atoms with van der Waals surface area (Å²) in [6, 6.07) is 14.1. The van der Waals surface area contributed by atoms with Crippen molar-refractivity contribution in [3.8, 4) is 5.69 Å². The third kappa shape index (κ3) is 3.05. The minimum atomic E-state index is -0.471. The van der Waals surface area contributed by atoms with Crippen molar-refractivity contribution in [2.45, 2.75) is 25.8 Å². The highest BCUT2D eigenvalue weighted by Crippen LogP contribution is 2.31.